The number of carbonyl (C=O) groups excluding carboxylic acids is 2. The molecule has 0 unspecified atom stereocenters. The summed E-state index contributed by atoms with van der Waals surface area (Å²) in [4.78, 5) is 24.8. The molecular weight excluding hydrogens is 602 g/mol. The molecule has 0 heterocycles. The first kappa shape index (κ1) is 36.6. The van der Waals surface area contributed by atoms with Crippen molar-refractivity contribution in [1.82, 2.24) is 0 Å². The van der Waals surface area contributed by atoms with E-state index in [9.17, 15) is 14.7 Å². The summed E-state index contributed by atoms with van der Waals surface area (Å²) in [7, 11) is -2.36. The van der Waals surface area contributed by atoms with Gasteiger partial charge < -0.3 is 14.6 Å². The van der Waals surface area contributed by atoms with Crippen molar-refractivity contribution in [3.63, 3.8) is 0 Å². The Hall–Kier alpha value is -3.88. The average Bonchev–Trinajstić information content (AvgIpc) is 3.02. The van der Waals surface area contributed by atoms with Gasteiger partial charge in [-0.1, -0.05) is 88.5 Å². The van der Waals surface area contributed by atoms with Crippen LogP contribution in [0.15, 0.2) is 72.8 Å². The first-order chi connectivity index (χ1) is 21.8. The maximum Gasteiger partial charge on any atom is 0.333 e. The number of hydrogen-bond acceptors (Lipinski definition) is 5. The van der Waals surface area contributed by atoms with Gasteiger partial charge in [0.2, 0.25) is 0 Å². The van der Waals surface area contributed by atoms with Crippen LogP contribution in [0.1, 0.15) is 63.1 Å². The van der Waals surface area contributed by atoms with Crippen LogP contribution in [0.2, 0.25) is 19.1 Å². The predicted octanol–water partition coefficient (Wildman–Crippen LogP) is 8.57. The molecule has 0 spiro atoms. The monoisotopic (exact) mass is 648 g/mol. The molecule has 0 fully saturated rings. The van der Waals surface area contributed by atoms with Crippen LogP contribution in [0.25, 0.3) is 22.3 Å². The summed E-state index contributed by atoms with van der Waals surface area (Å²) in [5.41, 5.74) is 3.92. The average molecular weight is 649 g/mol. The minimum absolute atomic E-state index is 0.00684. The van der Waals surface area contributed by atoms with Crippen molar-refractivity contribution >= 4 is 25.2 Å². The number of carbonyl (C=O) groups is 2. The number of ether oxygens (including phenoxy) is 2. The van der Waals surface area contributed by atoms with E-state index in [1.807, 2.05) is 24.3 Å². The topological polar surface area (TPSA) is 72.8 Å². The quantitative estimate of drug-likeness (QED) is 0.0729. The SMILES string of the molecule is C=C(C)C(=O)OCc1cc(-c2ccc(-c3ccc(CCCCC)cc3)c(F)c2F)cc(COC(=O)C(=C)C)c1[Si](C)(C)CCCO. The summed E-state index contributed by atoms with van der Waals surface area (Å²) >= 11 is 0. The fourth-order valence-electron chi connectivity index (χ4n) is 5.62. The van der Waals surface area contributed by atoms with Crippen molar-refractivity contribution in [1.29, 1.82) is 0 Å². The Kier molecular flexibility index (Phi) is 13.2. The van der Waals surface area contributed by atoms with Gasteiger partial charge in [0.25, 0.3) is 0 Å². The van der Waals surface area contributed by atoms with Crippen LogP contribution < -0.4 is 5.19 Å². The predicted molar refractivity (Wildman–Crippen MR) is 183 cm³/mol. The van der Waals surface area contributed by atoms with Gasteiger partial charge in [0.15, 0.2) is 11.6 Å². The highest BCUT2D eigenvalue weighted by atomic mass is 28.3. The molecule has 8 heteroatoms. The fourth-order valence-corrected chi connectivity index (χ4v) is 8.94. The number of halogens is 2. The van der Waals surface area contributed by atoms with Gasteiger partial charge in [0.05, 0.1) is 8.07 Å². The second-order valence-electron chi connectivity index (χ2n) is 12.5. The highest BCUT2D eigenvalue weighted by Crippen LogP contribution is 2.34. The van der Waals surface area contributed by atoms with Crippen molar-refractivity contribution in [3.05, 3.63) is 101 Å². The molecule has 0 saturated carbocycles. The van der Waals surface area contributed by atoms with Crippen molar-refractivity contribution in [2.45, 2.75) is 85.2 Å². The van der Waals surface area contributed by atoms with E-state index < -0.39 is 31.6 Å². The molecule has 0 aromatic heterocycles. The van der Waals surface area contributed by atoms with Gasteiger partial charge in [-0.15, -0.1) is 0 Å². The van der Waals surface area contributed by atoms with Crippen molar-refractivity contribution in [2.24, 2.45) is 0 Å². The number of rotatable bonds is 16. The molecule has 0 atom stereocenters. The highest BCUT2D eigenvalue weighted by Gasteiger charge is 2.31. The van der Waals surface area contributed by atoms with Crippen LogP contribution in [-0.2, 0) is 38.7 Å². The number of unbranched alkanes of at least 4 members (excludes halogenated alkanes) is 2. The van der Waals surface area contributed by atoms with E-state index in [0.717, 1.165) is 36.4 Å². The molecule has 0 amide bonds. The molecule has 3 aromatic carbocycles. The summed E-state index contributed by atoms with van der Waals surface area (Å²) in [6.45, 7) is 16.5. The lowest BCUT2D eigenvalue weighted by atomic mass is 9.95. The molecule has 46 heavy (non-hydrogen) atoms. The highest BCUT2D eigenvalue weighted by molar-refractivity contribution is 6.90. The van der Waals surface area contributed by atoms with Crippen LogP contribution >= 0.6 is 0 Å². The van der Waals surface area contributed by atoms with Gasteiger partial charge in [-0.3, -0.25) is 0 Å². The van der Waals surface area contributed by atoms with E-state index in [1.54, 1.807) is 38.1 Å². The van der Waals surface area contributed by atoms with Crippen LogP contribution in [0.3, 0.4) is 0 Å². The second kappa shape index (κ2) is 16.6. The molecule has 5 nitrogen and oxygen atoms in total. The zero-order chi connectivity index (χ0) is 34.0. The number of hydrogen-bond donors (Lipinski definition) is 1. The maximum absolute atomic E-state index is 15.9. The van der Waals surface area contributed by atoms with Crippen LogP contribution in [0.5, 0.6) is 0 Å². The van der Waals surface area contributed by atoms with Gasteiger partial charge in [-0.25, -0.2) is 18.4 Å². The minimum atomic E-state index is -2.36. The number of esters is 2. The van der Waals surface area contributed by atoms with Gasteiger partial charge >= 0.3 is 11.9 Å². The van der Waals surface area contributed by atoms with Crippen LogP contribution in [0.4, 0.5) is 8.78 Å². The lowest BCUT2D eigenvalue weighted by Gasteiger charge is -2.29. The molecule has 1 N–H and O–H groups in total. The third kappa shape index (κ3) is 9.33. The Labute approximate surface area is 273 Å². The zero-order valence-corrected chi connectivity index (χ0v) is 28.7. The summed E-state index contributed by atoms with van der Waals surface area (Å²) in [6.07, 6.45) is 4.84. The lowest BCUT2D eigenvalue weighted by Crippen LogP contribution is -2.46. The molecule has 0 aliphatic carbocycles. The van der Waals surface area contributed by atoms with Gasteiger partial charge in [-0.2, -0.15) is 0 Å². The van der Waals surface area contributed by atoms with E-state index in [-0.39, 0.29) is 42.1 Å². The summed E-state index contributed by atoms with van der Waals surface area (Å²) in [5.74, 6) is -3.15. The summed E-state index contributed by atoms with van der Waals surface area (Å²) in [6, 6.07) is 14.8. The second-order valence-corrected chi connectivity index (χ2v) is 17.3. The molecular formula is C38H46F2O5Si. The molecule has 3 rings (SSSR count). The van der Waals surface area contributed by atoms with E-state index in [1.165, 1.54) is 0 Å². The number of aliphatic hydroxyl groups is 1. The van der Waals surface area contributed by atoms with E-state index in [0.29, 0.717) is 34.7 Å². The van der Waals surface area contributed by atoms with E-state index >= 15 is 8.78 Å². The first-order valence-electron chi connectivity index (χ1n) is 15.8. The van der Waals surface area contributed by atoms with Gasteiger partial charge in [-0.05, 0) is 78.2 Å². The number of aliphatic hydroxyl groups excluding tert-OH is 1. The van der Waals surface area contributed by atoms with Gasteiger partial charge in [0.1, 0.15) is 13.2 Å². The maximum atomic E-state index is 15.9. The van der Waals surface area contributed by atoms with E-state index in [4.69, 9.17) is 9.47 Å². The normalized spacial score (nSPS) is 11.3. The summed E-state index contributed by atoms with van der Waals surface area (Å²) < 4.78 is 42.8. The first-order valence-corrected chi connectivity index (χ1v) is 19.0. The third-order valence-electron chi connectivity index (χ3n) is 8.08. The number of benzene rings is 3. The van der Waals surface area contributed by atoms with Crippen LogP contribution in [-0.4, -0.2) is 31.7 Å². The number of aryl methyl sites for hydroxylation is 1. The smallest absolute Gasteiger partial charge is 0.333 e. The Balaban J connectivity index is 2.15. The molecule has 0 bridgehead atoms. The van der Waals surface area contributed by atoms with Crippen LogP contribution in [0, 0.1) is 11.6 Å². The lowest BCUT2D eigenvalue weighted by molar-refractivity contribution is -0.140. The molecule has 0 aliphatic heterocycles. The Bertz CT molecular complexity index is 1530. The molecule has 246 valence electrons. The van der Waals surface area contributed by atoms with Crippen molar-refractivity contribution < 1.29 is 33.0 Å². The molecule has 0 radical (unpaired) electrons. The largest absolute Gasteiger partial charge is 0.457 e. The third-order valence-corrected chi connectivity index (χ3v) is 11.7. The van der Waals surface area contributed by atoms with Crippen molar-refractivity contribution in [2.75, 3.05) is 6.61 Å². The molecule has 3 aromatic rings. The Morgan fingerprint density at radius 1 is 0.783 bits per heavy atom. The standard InChI is InChI=1S/C38H46F2O5Si/c1-8-9-10-12-27-13-15-28(16-14-27)32-17-18-33(35(40)34(32)39)29-21-30(23-44-37(42)25(2)3)36(46(6,7)20-11-19-41)31(22-29)24-45-38(43)26(4)5/h13-18,21-22,41H,2,4,8-12,19-20,23-24H2,1,3,5-7H3. The van der Waals surface area contributed by atoms with E-state index in [2.05, 4.69) is 33.2 Å². The molecule has 0 saturated heterocycles. The Morgan fingerprint density at radius 2 is 1.28 bits per heavy atom. The molecule has 0 aliphatic rings. The van der Waals surface area contributed by atoms with Gasteiger partial charge in [0, 0.05) is 28.9 Å². The van der Waals surface area contributed by atoms with Crippen molar-refractivity contribution in [3.8, 4) is 22.3 Å². The zero-order valence-electron chi connectivity index (χ0n) is 27.7. The minimum Gasteiger partial charge on any atom is -0.457 e. The fraction of sp³-hybridized carbons (Fsp3) is 0.368. The summed E-state index contributed by atoms with van der Waals surface area (Å²) in [5, 5.41) is 10.5. The Morgan fingerprint density at radius 3 is 1.74 bits per heavy atom.